The first-order valence-electron chi connectivity index (χ1n) is 6.67. The molecule has 2 rings (SSSR count). The summed E-state index contributed by atoms with van der Waals surface area (Å²) in [4.78, 5) is 25.5. The molecule has 108 valence electrons. The molecule has 5 heteroatoms. The van der Waals surface area contributed by atoms with Crippen molar-refractivity contribution in [2.45, 2.75) is 27.2 Å². The first-order chi connectivity index (χ1) is 9.43. The Kier molecular flexibility index (Phi) is 4.48. The lowest BCUT2D eigenvalue weighted by Crippen LogP contribution is -2.26. The molecule has 0 radical (unpaired) electrons. The zero-order valence-electron chi connectivity index (χ0n) is 11.9. The average molecular weight is 340 g/mol. The summed E-state index contributed by atoms with van der Waals surface area (Å²) in [6, 6.07) is 3.92. The molecule has 1 amide bonds. The first-order valence-corrected chi connectivity index (χ1v) is 7.47. The van der Waals surface area contributed by atoms with E-state index in [1.807, 2.05) is 26.0 Å². The molecule has 1 atom stereocenters. The minimum absolute atomic E-state index is 0.0239. The summed E-state index contributed by atoms with van der Waals surface area (Å²) >= 11 is 3.52. The topological polar surface area (TPSA) is 46.6 Å². The number of benzene rings is 1. The normalized spacial score (nSPS) is 18.5. The molecule has 1 saturated heterocycles. The Morgan fingerprint density at radius 2 is 2.00 bits per heavy atom. The van der Waals surface area contributed by atoms with E-state index < -0.39 is 0 Å². The third-order valence-electron chi connectivity index (χ3n) is 3.48. The van der Waals surface area contributed by atoms with Gasteiger partial charge < -0.3 is 9.64 Å². The number of carbonyl (C=O) groups excluding carboxylic acids is 2. The van der Waals surface area contributed by atoms with Gasteiger partial charge in [0.15, 0.2) is 0 Å². The number of hydrogen-bond acceptors (Lipinski definition) is 3. The Bertz CT molecular complexity index is 533. The maximum Gasteiger partial charge on any atom is 0.311 e. The van der Waals surface area contributed by atoms with Crippen LogP contribution in [0.25, 0.3) is 0 Å². The number of ether oxygens (including phenoxy) is 1. The molecule has 4 nitrogen and oxygen atoms in total. The molecule has 1 aliphatic rings. The van der Waals surface area contributed by atoms with E-state index in [1.54, 1.807) is 11.8 Å². The van der Waals surface area contributed by atoms with E-state index in [1.165, 1.54) is 0 Å². The van der Waals surface area contributed by atoms with Gasteiger partial charge in [-0.2, -0.15) is 0 Å². The monoisotopic (exact) mass is 339 g/mol. The van der Waals surface area contributed by atoms with Crippen molar-refractivity contribution in [3.8, 4) is 0 Å². The second kappa shape index (κ2) is 5.95. The fourth-order valence-electron chi connectivity index (χ4n) is 2.45. The summed E-state index contributed by atoms with van der Waals surface area (Å²) in [7, 11) is 0. The molecule has 0 N–H and O–H groups in total. The van der Waals surface area contributed by atoms with E-state index in [0.29, 0.717) is 13.2 Å². The SMILES string of the molecule is CCOC(=O)[C@@H]1CC(=O)N(c2cc(C)c(Br)c(C)c2)C1. The number of halogens is 1. The number of rotatable bonds is 3. The third kappa shape index (κ3) is 2.87. The van der Waals surface area contributed by atoms with Gasteiger partial charge in [0.25, 0.3) is 0 Å². The molecule has 0 aliphatic carbocycles. The lowest BCUT2D eigenvalue weighted by molar-refractivity contribution is -0.147. The van der Waals surface area contributed by atoms with Gasteiger partial charge in [-0.05, 0) is 44.0 Å². The zero-order chi connectivity index (χ0) is 14.9. The highest BCUT2D eigenvalue weighted by Crippen LogP contribution is 2.31. The summed E-state index contributed by atoms with van der Waals surface area (Å²) in [5, 5.41) is 0. The minimum atomic E-state index is -0.355. The van der Waals surface area contributed by atoms with E-state index in [0.717, 1.165) is 21.3 Å². The Labute approximate surface area is 127 Å². The lowest BCUT2D eigenvalue weighted by atomic mass is 10.1. The van der Waals surface area contributed by atoms with Gasteiger partial charge in [-0.3, -0.25) is 9.59 Å². The quantitative estimate of drug-likeness (QED) is 0.795. The fourth-order valence-corrected chi connectivity index (χ4v) is 2.68. The van der Waals surface area contributed by atoms with Crippen LogP contribution in [0, 0.1) is 19.8 Å². The van der Waals surface area contributed by atoms with Gasteiger partial charge in [-0.15, -0.1) is 0 Å². The van der Waals surface area contributed by atoms with E-state index in [-0.39, 0.29) is 24.2 Å². The summed E-state index contributed by atoms with van der Waals surface area (Å²) in [6.07, 6.45) is 0.229. The summed E-state index contributed by atoms with van der Waals surface area (Å²) in [5.74, 6) is -0.662. The second-order valence-electron chi connectivity index (χ2n) is 5.05. The van der Waals surface area contributed by atoms with Gasteiger partial charge in [0.05, 0.1) is 12.5 Å². The van der Waals surface area contributed by atoms with E-state index >= 15 is 0 Å². The van der Waals surface area contributed by atoms with Crippen molar-refractivity contribution in [3.05, 3.63) is 27.7 Å². The van der Waals surface area contributed by atoms with Gasteiger partial charge in [0.2, 0.25) is 5.91 Å². The highest BCUT2D eigenvalue weighted by atomic mass is 79.9. The van der Waals surface area contributed by atoms with Crippen molar-refractivity contribution < 1.29 is 14.3 Å². The van der Waals surface area contributed by atoms with E-state index in [9.17, 15) is 9.59 Å². The van der Waals surface area contributed by atoms with Crippen LogP contribution in [0.1, 0.15) is 24.5 Å². The van der Waals surface area contributed by atoms with Crippen LogP contribution in [-0.4, -0.2) is 25.0 Å². The fraction of sp³-hybridized carbons (Fsp3) is 0.467. The van der Waals surface area contributed by atoms with E-state index in [4.69, 9.17) is 4.74 Å². The Morgan fingerprint density at radius 1 is 1.40 bits per heavy atom. The smallest absolute Gasteiger partial charge is 0.311 e. The maximum atomic E-state index is 12.1. The Hall–Kier alpha value is -1.36. The number of amides is 1. The molecule has 1 aromatic carbocycles. The molecule has 1 heterocycles. The molecule has 0 saturated carbocycles. The van der Waals surface area contributed by atoms with Crippen molar-refractivity contribution in [3.63, 3.8) is 0 Å². The largest absolute Gasteiger partial charge is 0.466 e. The number of anilines is 1. The zero-order valence-corrected chi connectivity index (χ0v) is 13.5. The predicted molar refractivity (Wildman–Crippen MR) is 80.7 cm³/mol. The van der Waals surface area contributed by atoms with Crippen LogP contribution in [-0.2, 0) is 14.3 Å². The van der Waals surface area contributed by atoms with Crippen molar-refractivity contribution in [1.29, 1.82) is 0 Å². The van der Waals surface area contributed by atoms with Crippen molar-refractivity contribution >= 4 is 33.5 Å². The molecule has 0 bridgehead atoms. The molecular formula is C15H18BrNO3. The van der Waals surface area contributed by atoms with Crippen LogP contribution in [0.3, 0.4) is 0 Å². The van der Waals surface area contributed by atoms with Crippen molar-refractivity contribution in [1.82, 2.24) is 0 Å². The average Bonchev–Trinajstić information content (AvgIpc) is 2.78. The Morgan fingerprint density at radius 3 is 2.55 bits per heavy atom. The summed E-state index contributed by atoms with van der Waals surface area (Å²) in [5.41, 5.74) is 3.00. The number of carbonyl (C=O) groups is 2. The van der Waals surface area contributed by atoms with Gasteiger partial charge in [0, 0.05) is 23.1 Å². The molecule has 20 heavy (non-hydrogen) atoms. The molecular weight excluding hydrogens is 322 g/mol. The molecule has 0 aromatic heterocycles. The number of aryl methyl sites for hydroxylation is 2. The lowest BCUT2D eigenvalue weighted by Gasteiger charge is -2.18. The van der Waals surface area contributed by atoms with Gasteiger partial charge >= 0.3 is 5.97 Å². The molecule has 1 fully saturated rings. The van der Waals surface area contributed by atoms with Crippen LogP contribution in [0.5, 0.6) is 0 Å². The van der Waals surface area contributed by atoms with E-state index in [2.05, 4.69) is 15.9 Å². The highest BCUT2D eigenvalue weighted by Gasteiger charge is 2.36. The van der Waals surface area contributed by atoms with Crippen molar-refractivity contribution in [2.75, 3.05) is 18.1 Å². The minimum Gasteiger partial charge on any atom is -0.466 e. The summed E-state index contributed by atoms with van der Waals surface area (Å²) < 4.78 is 6.05. The second-order valence-corrected chi connectivity index (χ2v) is 5.84. The van der Waals surface area contributed by atoms with Crippen LogP contribution in [0.4, 0.5) is 5.69 Å². The maximum absolute atomic E-state index is 12.1. The summed E-state index contributed by atoms with van der Waals surface area (Å²) in [6.45, 7) is 6.50. The highest BCUT2D eigenvalue weighted by molar-refractivity contribution is 9.10. The third-order valence-corrected chi connectivity index (χ3v) is 4.73. The number of nitrogens with zero attached hydrogens (tertiary/aromatic N) is 1. The van der Waals surface area contributed by atoms with Crippen molar-refractivity contribution in [2.24, 2.45) is 5.92 Å². The van der Waals surface area contributed by atoms with Gasteiger partial charge in [0.1, 0.15) is 0 Å². The van der Waals surface area contributed by atoms with Crippen LogP contribution in [0.2, 0.25) is 0 Å². The Balaban J connectivity index is 2.22. The molecule has 1 aromatic rings. The van der Waals surface area contributed by atoms with Crippen LogP contribution < -0.4 is 4.90 Å². The predicted octanol–water partition coefficient (Wildman–Crippen LogP) is 2.98. The number of hydrogen-bond donors (Lipinski definition) is 0. The van der Waals surface area contributed by atoms with Gasteiger partial charge in [-0.1, -0.05) is 15.9 Å². The molecule has 0 unspecified atom stereocenters. The molecule has 0 spiro atoms. The first kappa shape index (κ1) is 15.0. The standard InChI is InChI=1S/C15H18BrNO3/c1-4-20-15(19)11-7-13(18)17(8-11)12-5-9(2)14(16)10(3)6-12/h5-6,11H,4,7-8H2,1-3H3/t11-/m1/s1. The van der Waals surface area contributed by atoms with Gasteiger partial charge in [-0.25, -0.2) is 0 Å². The molecule has 1 aliphatic heterocycles. The van der Waals surface area contributed by atoms with Crippen LogP contribution >= 0.6 is 15.9 Å². The number of esters is 1. The van der Waals surface area contributed by atoms with Crippen LogP contribution in [0.15, 0.2) is 16.6 Å².